The van der Waals surface area contributed by atoms with E-state index in [1.54, 1.807) is 0 Å². The van der Waals surface area contributed by atoms with E-state index in [9.17, 15) is 0 Å². The van der Waals surface area contributed by atoms with Crippen LogP contribution in [0.2, 0.25) is 0 Å². The molecule has 1 aromatic carbocycles. The van der Waals surface area contributed by atoms with Gasteiger partial charge in [-0.05, 0) is 48.4 Å². The van der Waals surface area contributed by atoms with Crippen LogP contribution < -0.4 is 10.1 Å². The van der Waals surface area contributed by atoms with Gasteiger partial charge >= 0.3 is 0 Å². The van der Waals surface area contributed by atoms with Crippen molar-refractivity contribution in [2.75, 3.05) is 19.7 Å². The molecule has 1 aliphatic heterocycles. The van der Waals surface area contributed by atoms with E-state index in [1.807, 2.05) is 0 Å². The highest BCUT2D eigenvalue weighted by molar-refractivity contribution is 5.39. The molecule has 1 aliphatic carbocycles. The van der Waals surface area contributed by atoms with Gasteiger partial charge in [0.2, 0.25) is 0 Å². The molecule has 0 unspecified atom stereocenters. The number of nitrogens with one attached hydrogen (secondary N) is 1. The summed E-state index contributed by atoms with van der Waals surface area (Å²) in [5.74, 6) is 1.09. The fraction of sp³-hybridized carbons (Fsp3) is 0.600. The van der Waals surface area contributed by atoms with Gasteiger partial charge in [0.15, 0.2) is 0 Å². The van der Waals surface area contributed by atoms with Gasteiger partial charge in [-0.15, -0.1) is 0 Å². The van der Waals surface area contributed by atoms with Crippen LogP contribution in [0.1, 0.15) is 30.9 Å². The molecule has 0 bridgehead atoms. The van der Waals surface area contributed by atoms with Gasteiger partial charge in [-0.1, -0.05) is 19.1 Å². The Labute approximate surface area is 103 Å². The second-order valence-electron chi connectivity index (χ2n) is 5.78. The minimum atomic E-state index is 0.617. The van der Waals surface area contributed by atoms with Crippen LogP contribution in [0.5, 0.6) is 5.75 Å². The molecule has 1 heterocycles. The highest BCUT2D eigenvalue weighted by atomic mass is 16.5. The number of rotatable bonds is 5. The molecule has 0 saturated heterocycles. The zero-order valence-electron chi connectivity index (χ0n) is 10.6. The summed E-state index contributed by atoms with van der Waals surface area (Å²) in [6.45, 7) is 5.50. The molecule has 1 aromatic rings. The van der Waals surface area contributed by atoms with E-state index < -0.39 is 0 Å². The zero-order chi connectivity index (χ0) is 11.7. The first-order valence-corrected chi connectivity index (χ1v) is 6.71. The number of hydrogen-bond acceptors (Lipinski definition) is 2. The molecule has 1 N–H and O–H groups in total. The molecule has 2 nitrogen and oxygen atoms in total. The monoisotopic (exact) mass is 231 g/mol. The molecule has 0 spiro atoms. The highest BCUT2D eigenvalue weighted by Gasteiger charge is 2.36. The SMILES string of the molecule is CC1(CNCCc2ccc3c(c2)CCO3)CC1. The van der Waals surface area contributed by atoms with Crippen molar-refractivity contribution in [3.8, 4) is 5.75 Å². The normalized spacial score (nSPS) is 19.8. The summed E-state index contributed by atoms with van der Waals surface area (Å²) in [4.78, 5) is 0. The van der Waals surface area contributed by atoms with Crippen molar-refractivity contribution in [2.24, 2.45) is 5.41 Å². The Hall–Kier alpha value is -1.02. The molecule has 1 fully saturated rings. The molecule has 1 saturated carbocycles. The molecule has 0 atom stereocenters. The summed E-state index contributed by atoms with van der Waals surface area (Å²) >= 11 is 0. The lowest BCUT2D eigenvalue weighted by Crippen LogP contribution is -2.24. The number of ether oxygens (including phenoxy) is 1. The van der Waals surface area contributed by atoms with Crippen molar-refractivity contribution in [1.82, 2.24) is 5.32 Å². The molecular formula is C15H21NO. The van der Waals surface area contributed by atoms with E-state index >= 15 is 0 Å². The Morgan fingerprint density at radius 2 is 2.24 bits per heavy atom. The summed E-state index contributed by atoms with van der Waals surface area (Å²) < 4.78 is 5.52. The quantitative estimate of drug-likeness (QED) is 0.786. The number of fused-ring (bicyclic) bond motifs is 1. The predicted molar refractivity (Wildman–Crippen MR) is 69.6 cm³/mol. The van der Waals surface area contributed by atoms with Crippen LogP contribution in [0, 0.1) is 5.41 Å². The minimum Gasteiger partial charge on any atom is -0.493 e. The summed E-state index contributed by atoms with van der Waals surface area (Å²) in [7, 11) is 0. The fourth-order valence-electron chi connectivity index (χ4n) is 2.41. The molecule has 0 radical (unpaired) electrons. The molecule has 92 valence electrons. The summed E-state index contributed by atoms with van der Waals surface area (Å²) in [5, 5.41) is 3.57. The third-order valence-electron chi connectivity index (χ3n) is 4.00. The van der Waals surface area contributed by atoms with Crippen molar-refractivity contribution < 1.29 is 4.74 Å². The molecule has 17 heavy (non-hydrogen) atoms. The second kappa shape index (κ2) is 4.34. The molecule has 0 aromatic heterocycles. The van der Waals surface area contributed by atoms with Crippen LogP contribution in [0.4, 0.5) is 0 Å². The second-order valence-corrected chi connectivity index (χ2v) is 5.78. The van der Waals surface area contributed by atoms with E-state index in [1.165, 1.54) is 30.5 Å². The van der Waals surface area contributed by atoms with Crippen molar-refractivity contribution in [3.63, 3.8) is 0 Å². The van der Waals surface area contributed by atoms with Gasteiger partial charge in [0.25, 0.3) is 0 Å². The van der Waals surface area contributed by atoms with Crippen molar-refractivity contribution in [2.45, 2.75) is 32.6 Å². The van der Waals surface area contributed by atoms with Gasteiger partial charge < -0.3 is 10.1 Å². The van der Waals surface area contributed by atoms with Crippen LogP contribution in [0.15, 0.2) is 18.2 Å². The summed E-state index contributed by atoms with van der Waals surface area (Å²) in [5.41, 5.74) is 3.44. The van der Waals surface area contributed by atoms with Gasteiger partial charge in [0.05, 0.1) is 6.61 Å². The highest BCUT2D eigenvalue weighted by Crippen LogP contribution is 2.43. The van der Waals surface area contributed by atoms with Crippen molar-refractivity contribution in [1.29, 1.82) is 0 Å². The number of hydrogen-bond donors (Lipinski definition) is 1. The predicted octanol–water partition coefficient (Wildman–Crippen LogP) is 2.55. The van der Waals surface area contributed by atoms with Crippen LogP contribution in [-0.4, -0.2) is 19.7 Å². The van der Waals surface area contributed by atoms with E-state index in [4.69, 9.17) is 4.74 Å². The van der Waals surface area contributed by atoms with E-state index in [0.717, 1.165) is 31.7 Å². The van der Waals surface area contributed by atoms with Gasteiger partial charge in [0, 0.05) is 13.0 Å². The zero-order valence-corrected chi connectivity index (χ0v) is 10.6. The molecular weight excluding hydrogens is 210 g/mol. The molecule has 2 aliphatic rings. The lowest BCUT2D eigenvalue weighted by Gasteiger charge is -2.10. The Balaban J connectivity index is 1.48. The smallest absolute Gasteiger partial charge is 0.122 e. The third-order valence-corrected chi connectivity index (χ3v) is 4.00. The first-order valence-electron chi connectivity index (χ1n) is 6.71. The largest absolute Gasteiger partial charge is 0.493 e. The molecule has 3 rings (SSSR count). The topological polar surface area (TPSA) is 21.3 Å². The van der Waals surface area contributed by atoms with Crippen LogP contribution in [-0.2, 0) is 12.8 Å². The van der Waals surface area contributed by atoms with Gasteiger partial charge in [-0.25, -0.2) is 0 Å². The maximum atomic E-state index is 5.52. The van der Waals surface area contributed by atoms with Crippen molar-refractivity contribution in [3.05, 3.63) is 29.3 Å². The maximum Gasteiger partial charge on any atom is 0.122 e. The number of benzene rings is 1. The molecule has 0 amide bonds. The van der Waals surface area contributed by atoms with E-state index in [2.05, 4.69) is 30.4 Å². The maximum absolute atomic E-state index is 5.52. The first kappa shape index (κ1) is 11.1. The van der Waals surface area contributed by atoms with Crippen LogP contribution >= 0.6 is 0 Å². The first-order chi connectivity index (χ1) is 8.25. The van der Waals surface area contributed by atoms with E-state index in [0.29, 0.717) is 5.41 Å². The van der Waals surface area contributed by atoms with E-state index in [-0.39, 0.29) is 0 Å². The lowest BCUT2D eigenvalue weighted by atomic mass is 10.1. The van der Waals surface area contributed by atoms with Crippen LogP contribution in [0.25, 0.3) is 0 Å². The van der Waals surface area contributed by atoms with Crippen LogP contribution in [0.3, 0.4) is 0 Å². The average Bonchev–Trinajstić information content (AvgIpc) is 2.90. The molecule has 2 heteroatoms. The lowest BCUT2D eigenvalue weighted by molar-refractivity contribution is 0.357. The van der Waals surface area contributed by atoms with Gasteiger partial charge in [-0.2, -0.15) is 0 Å². The Morgan fingerprint density at radius 3 is 3.06 bits per heavy atom. The standard InChI is InChI=1S/C15H21NO/c1-15(6-7-15)11-16-8-4-12-2-3-14-13(10-12)5-9-17-14/h2-3,10,16H,4-9,11H2,1H3. The Morgan fingerprint density at radius 1 is 1.35 bits per heavy atom. The summed E-state index contributed by atoms with van der Waals surface area (Å²) in [6, 6.07) is 6.63. The Bertz CT molecular complexity index is 409. The Kier molecular flexibility index (Phi) is 2.83. The minimum absolute atomic E-state index is 0.617. The summed E-state index contributed by atoms with van der Waals surface area (Å²) in [6.07, 6.45) is 5.00. The third kappa shape index (κ3) is 2.63. The average molecular weight is 231 g/mol. The van der Waals surface area contributed by atoms with Gasteiger partial charge in [-0.3, -0.25) is 0 Å². The van der Waals surface area contributed by atoms with Gasteiger partial charge in [0.1, 0.15) is 5.75 Å². The van der Waals surface area contributed by atoms with Crippen molar-refractivity contribution >= 4 is 0 Å². The fourth-order valence-corrected chi connectivity index (χ4v) is 2.41.